The molecule has 34 heavy (non-hydrogen) atoms. The van der Waals surface area contributed by atoms with Gasteiger partial charge in [-0.15, -0.1) is 0 Å². The molecule has 1 aliphatic carbocycles. The molecule has 0 bridgehead atoms. The lowest BCUT2D eigenvalue weighted by molar-refractivity contribution is -0.159. The van der Waals surface area contributed by atoms with Gasteiger partial charge in [-0.1, -0.05) is 18.6 Å². The summed E-state index contributed by atoms with van der Waals surface area (Å²) >= 11 is 0. The van der Waals surface area contributed by atoms with Gasteiger partial charge in [-0.3, -0.25) is 14.5 Å². The second-order valence-electron chi connectivity index (χ2n) is 9.51. The summed E-state index contributed by atoms with van der Waals surface area (Å²) in [5.41, 5.74) is 7.23. The highest BCUT2D eigenvalue weighted by molar-refractivity contribution is 5.82. The number of rotatable bonds is 9. The average Bonchev–Trinajstić information content (AvgIpc) is 3.41. The number of carbonyl (C=O) groups excluding carboxylic acids is 1. The van der Waals surface area contributed by atoms with E-state index in [1.807, 2.05) is 18.2 Å². The number of hydrogen-bond acceptors (Lipinski definition) is 6. The van der Waals surface area contributed by atoms with E-state index >= 15 is 0 Å². The smallest absolute Gasteiger partial charge is 0.311 e. The molecule has 2 aliphatic rings. The molecule has 0 radical (unpaired) electrons. The van der Waals surface area contributed by atoms with Crippen molar-refractivity contribution in [3.8, 4) is 0 Å². The van der Waals surface area contributed by atoms with Crippen LogP contribution in [-0.4, -0.2) is 49.5 Å². The van der Waals surface area contributed by atoms with Crippen molar-refractivity contribution < 1.29 is 14.7 Å². The molecule has 3 aromatic rings. The quantitative estimate of drug-likeness (QED) is 0.445. The number of carboxylic acid groups (broad SMARTS) is 1. The minimum atomic E-state index is -1.01. The number of anilines is 2. The van der Waals surface area contributed by atoms with Crippen LogP contribution in [0.2, 0.25) is 0 Å². The monoisotopic (exact) mass is 462 g/mol. The van der Waals surface area contributed by atoms with Gasteiger partial charge in [0, 0.05) is 36.4 Å². The highest BCUT2D eigenvalue weighted by Gasteiger charge is 2.52. The summed E-state index contributed by atoms with van der Waals surface area (Å²) in [6, 6.07) is 9.47. The van der Waals surface area contributed by atoms with E-state index in [4.69, 9.17) is 10.7 Å². The fourth-order valence-electron chi connectivity index (χ4n) is 5.32. The standard InChI is InChI=1S/C25H30N6O3/c26-21(32)14-20(25(23(33)34)8-4-9-25)31-12-7-18-15-27-24(29-22(18)31)28-19-6-3-5-17(13-19)16-30-10-1-2-11-30/h3,5-7,12-13,15,20H,1-2,4,8-11,14,16H2,(H2,26,32)(H,33,34)(H,27,28,29). The zero-order valence-electron chi connectivity index (χ0n) is 19.1. The first-order valence-electron chi connectivity index (χ1n) is 11.9. The van der Waals surface area contributed by atoms with E-state index in [2.05, 4.69) is 27.3 Å². The number of aromatic nitrogens is 3. The third-order valence-electron chi connectivity index (χ3n) is 7.28. The molecule has 178 valence electrons. The van der Waals surface area contributed by atoms with Gasteiger partial charge in [-0.05, 0) is 62.5 Å². The summed E-state index contributed by atoms with van der Waals surface area (Å²) in [7, 11) is 0. The van der Waals surface area contributed by atoms with Gasteiger partial charge in [0.1, 0.15) is 5.65 Å². The number of nitrogens with one attached hydrogen (secondary N) is 1. The molecular formula is C25H30N6O3. The van der Waals surface area contributed by atoms with Crippen LogP contribution in [0.4, 0.5) is 11.6 Å². The second-order valence-corrected chi connectivity index (χ2v) is 9.51. The Hall–Kier alpha value is -3.46. The molecule has 1 amide bonds. The number of primary amides is 1. The number of nitrogens with zero attached hydrogens (tertiary/aromatic N) is 4. The minimum absolute atomic E-state index is 0.0542. The number of amides is 1. The predicted molar refractivity (Wildman–Crippen MR) is 129 cm³/mol. The summed E-state index contributed by atoms with van der Waals surface area (Å²) in [4.78, 5) is 35.7. The lowest BCUT2D eigenvalue weighted by Crippen LogP contribution is -2.46. The van der Waals surface area contributed by atoms with Gasteiger partial charge in [-0.25, -0.2) is 4.98 Å². The maximum atomic E-state index is 12.2. The number of hydrogen-bond donors (Lipinski definition) is 3. The van der Waals surface area contributed by atoms with Crippen LogP contribution < -0.4 is 11.1 Å². The molecule has 0 spiro atoms. The third-order valence-corrected chi connectivity index (χ3v) is 7.28. The Morgan fingerprint density at radius 3 is 2.65 bits per heavy atom. The maximum Gasteiger partial charge on any atom is 0.311 e. The Bertz CT molecular complexity index is 1210. The summed E-state index contributed by atoms with van der Waals surface area (Å²) in [6.07, 6.45) is 7.80. The predicted octanol–water partition coefficient (Wildman–Crippen LogP) is 3.44. The van der Waals surface area contributed by atoms with Crippen LogP contribution in [0.3, 0.4) is 0 Å². The minimum Gasteiger partial charge on any atom is -0.481 e. The molecule has 9 nitrogen and oxygen atoms in total. The highest BCUT2D eigenvalue weighted by Crippen LogP contribution is 2.51. The molecule has 2 aromatic heterocycles. The molecule has 3 heterocycles. The van der Waals surface area contributed by atoms with Crippen molar-refractivity contribution >= 4 is 34.5 Å². The van der Waals surface area contributed by atoms with Gasteiger partial charge in [0.2, 0.25) is 11.9 Å². The number of aliphatic carboxylic acids is 1. The van der Waals surface area contributed by atoms with Crippen LogP contribution >= 0.6 is 0 Å². The van der Waals surface area contributed by atoms with Crippen molar-refractivity contribution in [2.75, 3.05) is 18.4 Å². The summed E-state index contributed by atoms with van der Waals surface area (Å²) in [5.74, 6) is -1.00. The number of likely N-dealkylation sites (tertiary alicyclic amines) is 1. The van der Waals surface area contributed by atoms with E-state index in [1.165, 1.54) is 18.4 Å². The Balaban J connectivity index is 1.44. The Labute approximate surface area is 198 Å². The maximum absolute atomic E-state index is 12.2. The largest absolute Gasteiger partial charge is 0.481 e. The van der Waals surface area contributed by atoms with Crippen LogP contribution in [0.5, 0.6) is 0 Å². The molecule has 5 rings (SSSR count). The molecule has 1 saturated heterocycles. The topological polar surface area (TPSA) is 126 Å². The van der Waals surface area contributed by atoms with Gasteiger partial charge in [0.05, 0.1) is 11.5 Å². The van der Waals surface area contributed by atoms with Gasteiger partial charge >= 0.3 is 5.97 Å². The van der Waals surface area contributed by atoms with E-state index in [9.17, 15) is 14.7 Å². The lowest BCUT2D eigenvalue weighted by Gasteiger charge is -2.44. The molecule has 1 aliphatic heterocycles. The molecule has 4 N–H and O–H groups in total. The van der Waals surface area contributed by atoms with Crippen molar-refractivity contribution in [3.63, 3.8) is 0 Å². The van der Waals surface area contributed by atoms with E-state index in [0.29, 0.717) is 24.4 Å². The molecule has 1 aromatic carbocycles. The molecular weight excluding hydrogens is 432 g/mol. The normalized spacial score (nSPS) is 18.5. The van der Waals surface area contributed by atoms with E-state index in [-0.39, 0.29) is 6.42 Å². The van der Waals surface area contributed by atoms with Gasteiger partial charge in [0.15, 0.2) is 0 Å². The van der Waals surface area contributed by atoms with Crippen LogP contribution in [0.25, 0.3) is 11.0 Å². The fourth-order valence-corrected chi connectivity index (χ4v) is 5.32. The fraction of sp³-hybridized carbons (Fsp3) is 0.440. The number of nitrogens with two attached hydrogens (primary N) is 1. The second kappa shape index (κ2) is 9.06. The van der Waals surface area contributed by atoms with Crippen LogP contribution in [0, 0.1) is 5.41 Å². The van der Waals surface area contributed by atoms with Gasteiger partial charge < -0.3 is 20.7 Å². The average molecular weight is 463 g/mol. The summed E-state index contributed by atoms with van der Waals surface area (Å²) in [6.45, 7) is 3.20. The zero-order valence-corrected chi connectivity index (χ0v) is 19.1. The van der Waals surface area contributed by atoms with E-state index < -0.39 is 23.3 Å². The number of fused-ring (bicyclic) bond motifs is 1. The Morgan fingerprint density at radius 1 is 1.18 bits per heavy atom. The number of carboxylic acids is 1. The Kier molecular flexibility index (Phi) is 5.95. The summed E-state index contributed by atoms with van der Waals surface area (Å²) < 4.78 is 1.80. The van der Waals surface area contributed by atoms with Crippen molar-refractivity contribution in [1.82, 2.24) is 19.4 Å². The molecule has 1 saturated carbocycles. The van der Waals surface area contributed by atoms with E-state index in [1.54, 1.807) is 17.0 Å². The van der Waals surface area contributed by atoms with E-state index in [0.717, 1.165) is 37.1 Å². The highest BCUT2D eigenvalue weighted by atomic mass is 16.4. The Morgan fingerprint density at radius 2 is 1.97 bits per heavy atom. The molecule has 2 fully saturated rings. The van der Waals surface area contributed by atoms with Crippen LogP contribution in [-0.2, 0) is 16.1 Å². The van der Waals surface area contributed by atoms with Gasteiger partial charge in [-0.2, -0.15) is 4.98 Å². The molecule has 1 unspecified atom stereocenters. The van der Waals surface area contributed by atoms with Crippen molar-refractivity contribution in [3.05, 3.63) is 48.3 Å². The number of benzene rings is 1. The third kappa shape index (κ3) is 4.23. The zero-order chi connectivity index (χ0) is 23.7. The van der Waals surface area contributed by atoms with Gasteiger partial charge in [0.25, 0.3) is 0 Å². The first kappa shape index (κ1) is 22.3. The van der Waals surface area contributed by atoms with Crippen molar-refractivity contribution in [2.45, 2.75) is 51.1 Å². The lowest BCUT2D eigenvalue weighted by atomic mass is 9.63. The van der Waals surface area contributed by atoms with Crippen LogP contribution in [0.15, 0.2) is 42.7 Å². The molecule has 1 atom stereocenters. The van der Waals surface area contributed by atoms with Crippen molar-refractivity contribution in [2.24, 2.45) is 11.1 Å². The first-order valence-corrected chi connectivity index (χ1v) is 11.9. The SMILES string of the molecule is NC(=O)CC(n1ccc2cnc(Nc3cccc(CN4CCCC4)c3)nc21)C1(C(=O)O)CCC1. The van der Waals surface area contributed by atoms with Crippen molar-refractivity contribution in [1.29, 1.82) is 0 Å². The first-order chi connectivity index (χ1) is 16.4. The summed E-state index contributed by atoms with van der Waals surface area (Å²) in [5, 5.41) is 14.1. The number of carbonyl (C=O) groups is 2. The van der Waals surface area contributed by atoms with Crippen LogP contribution in [0.1, 0.15) is 50.1 Å². The molecule has 9 heteroatoms.